The second-order valence-corrected chi connectivity index (χ2v) is 5.49. The Hall–Kier alpha value is -2.83. The van der Waals surface area contributed by atoms with Crippen molar-refractivity contribution in [2.75, 3.05) is 11.9 Å². The highest BCUT2D eigenvalue weighted by Crippen LogP contribution is 2.22. The van der Waals surface area contributed by atoms with Gasteiger partial charge < -0.3 is 14.6 Å². The van der Waals surface area contributed by atoms with Crippen LogP contribution in [0.3, 0.4) is 0 Å². The molecule has 0 spiro atoms. The summed E-state index contributed by atoms with van der Waals surface area (Å²) in [6, 6.07) is 4.50. The molecule has 1 N–H and O–H groups in total. The number of aromatic nitrogens is 1. The van der Waals surface area contributed by atoms with Gasteiger partial charge in [0.2, 0.25) is 11.8 Å². The molecule has 7 heteroatoms. The van der Waals surface area contributed by atoms with E-state index in [2.05, 4.69) is 11.9 Å². The van der Waals surface area contributed by atoms with Crippen molar-refractivity contribution >= 4 is 28.6 Å². The molecule has 1 aromatic heterocycles. The van der Waals surface area contributed by atoms with Crippen molar-refractivity contribution in [1.29, 1.82) is 0 Å². The van der Waals surface area contributed by atoms with E-state index in [9.17, 15) is 14.4 Å². The van der Waals surface area contributed by atoms with Gasteiger partial charge in [0.25, 0.3) is 0 Å². The molecule has 120 valence electrons. The fraction of sp³-hybridized carbons (Fsp3) is 0.312. The number of fused-ring (bicyclic) bond motifs is 1. The van der Waals surface area contributed by atoms with Gasteiger partial charge >= 0.3 is 5.76 Å². The van der Waals surface area contributed by atoms with E-state index in [1.165, 1.54) is 15.5 Å². The Morgan fingerprint density at radius 3 is 2.96 bits per heavy atom. The zero-order valence-electron chi connectivity index (χ0n) is 12.7. The third-order valence-electron chi connectivity index (χ3n) is 4.07. The molecule has 1 saturated heterocycles. The van der Waals surface area contributed by atoms with Gasteiger partial charge in [0, 0.05) is 25.3 Å². The van der Waals surface area contributed by atoms with Crippen molar-refractivity contribution in [3.8, 4) is 0 Å². The zero-order valence-corrected chi connectivity index (χ0v) is 12.7. The number of hydrogen-bond acceptors (Lipinski definition) is 4. The van der Waals surface area contributed by atoms with Gasteiger partial charge in [0.1, 0.15) is 6.04 Å². The van der Waals surface area contributed by atoms with Crippen LogP contribution in [0.1, 0.15) is 12.8 Å². The van der Waals surface area contributed by atoms with Crippen LogP contribution in [-0.4, -0.2) is 33.9 Å². The van der Waals surface area contributed by atoms with E-state index in [1.807, 2.05) is 0 Å². The molecular weight excluding hydrogens is 298 g/mol. The molecule has 2 heterocycles. The molecule has 1 unspecified atom stereocenters. The summed E-state index contributed by atoms with van der Waals surface area (Å²) in [5, 5.41) is 2.78. The predicted molar refractivity (Wildman–Crippen MR) is 85.0 cm³/mol. The fourth-order valence-corrected chi connectivity index (χ4v) is 2.86. The van der Waals surface area contributed by atoms with E-state index in [0.29, 0.717) is 29.8 Å². The quantitative estimate of drug-likeness (QED) is 0.864. The number of amides is 2. The largest absolute Gasteiger partial charge is 0.419 e. The van der Waals surface area contributed by atoms with Crippen molar-refractivity contribution in [1.82, 2.24) is 9.47 Å². The minimum Gasteiger partial charge on any atom is -0.408 e. The lowest BCUT2D eigenvalue weighted by atomic mass is 10.2. The minimum absolute atomic E-state index is 0.243. The molecule has 7 nitrogen and oxygen atoms in total. The summed E-state index contributed by atoms with van der Waals surface area (Å²) >= 11 is 0. The second kappa shape index (κ2) is 5.75. The minimum atomic E-state index is -0.501. The fourth-order valence-electron chi connectivity index (χ4n) is 2.86. The highest BCUT2D eigenvalue weighted by Gasteiger charge is 2.32. The molecule has 1 atom stereocenters. The Kier molecular flexibility index (Phi) is 3.77. The number of carbonyl (C=O) groups excluding carboxylic acids is 2. The van der Waals surface area contributed by atoms with Crippen molar-refractivity contribution in [2.45, 2.75) is 18.9 Å². The van der Waals surface area contributed by atoms with Crippen molar-refractivity contribution in [3.05, 3.63) is 41.4 Å². The molecule has 3 rings (SSSR count). The average molecular weight is 315 g/mol. The van der Waals surface area contributed by atoms with Gasteiger partial charge in [-0.3, -0.25) is 14.2 Å². The molecule has 0 radical (unpaired) electrons. The maximum Gasteiger partial charge on any atom is 0.419 e. The predicted octanol–water partition coefficient (Wildman–Crippen LogP) is 1.25. The van der Waals surface area contributed by atoms with Gasteiger partial charge in [0.15, 0.2) is 5.58 Å². The molecule has 1 fully saturated rings. The lowest BCUT2D eigenvalue weighted by molar-refractivity contribution is -0.132. The number of carbonyl (C=O) groups is 2. The topological polar surface area (TPSA) is 84.6 Å². The first-order valence-corrected chi connectivity index (χ1v) is 7.34. The van der Waals surface area contributed by atoms with Crippen LogP contribution in [0.4, 0.5) is 5.69 Å². The Bertz CT molecular complexity index is 849. The second-order valence-electron chi connectivity index (χ2n) is 5.49. The molecule has 23 heavy (non-hydrogen) atoms. The number of hydrogen-bond donors (Lipinski definition) is 1. The lowest BCUT2D eigenvalue weighted by Gasteiger charge is -2.22. The average Bonchev–Trinajstić information content (AvgIpc) is 3.12. The number of nitrogens with one attached hydrogen (secondary N) is 1. The maximum atomic E-state index is 12.4. The first-order valence-electron chi connectivity index (χ1n) is 7.34. The molecule has 1 aromatic carbocycles. The van der Waals surface area contributed by atoms with Crippen LogP contribution in [0.15, 0.2) is 40.1 Å². The normalized spacial score (nSPS) is 17.4. The van der Waals surface area contributed by atoms with Crippen molar-refractivity contribution in [3.63, 3.8) is 0 Å². The molecule has 0 aliphatic carbocycles. The van der Waals surface area contributed by atoms with Crippen molar-refractivity contribution in [2.24, 2.45) is 7.05 Å². The van der Waals surface area contributed by atoms with Crippen LogP contribution in [0, 0.1) is 0 Å². The van der Waals surface area contributed by atoms with E-state index in [4.69, 9.17) is 4.42 Å². The summed E-state index contributed by atoms with van der Waals surface area (Å²) in [4.78, 5) is 37.2. The number of likely N-dealkylation sites (tertiary alicyclic amines) is 1. The van der Waals surface area contributed by atoms with Crippen LogP contribution in [-0.2, 0) is 16.6 Å². The van der Waals surface area contributed by atoms with Crippen LogP contribution < -0.4 is 11.1 Å². The molecule has 0 saturated carbocycles. The summed E-state index contributed by atoms with van der Waals surface area (Å²) in [6.07, 6.45) is 2.62. The summed E-state index contributed by atoms with van der Waals surface area (Å²) in [5.41, 5.74) is 1.58. The lowest BCUT2D eigenvalue weighted by Crippen LogP contribution is -2.42. The van der Waals surface area contributed by atoms with Gasteiger partial charge in [-0.25, -0.2) is 4.79 Å². The Balaban J connectivity index is 1.81. The summed E-state index contributed by atoms with van der Waals surface area (Å²) in [7, 11) is 1.61. The number of nitrogens with zero attached hydrogens (tertiary/aromatic N) is 2. The van der Waals surface area contributed by atoms with E-state index >= 15 is 0 Å². The standard InChI is InChI=1S/C16H17N3O4/c1-3-14(20)19-8-4-5-12(19)15(21)17-10-6-7-11-13(9-10)23-16(22)18(11)2/h3,6-7,9,12H,1,4-5,8H2,2H3,(H,17,21). The van der Waals surface area contributed by atoms with Crippen molar-refractivity contribution < 1.29 is 14.0 Å². The number of anilines is 1. The third-order valence-corrected chi connectivity index (χ3v) is 4.07. The monoisotopic (exact) mass is 315 g/mol. The molecule has 1 aliphatic heterocycles. The Labute approximate surface area is 132 Å². The first kappa shape index (κ1) is 15.1. The maximum absolute atomic E-state index is 12.4. The van der Waals surface area contributed by atoms with Gasteiger partial charge in [-0.2, -0.15) is 0 Å². The number of aryl methyl sites for hydroxylation is 1. The number of rotatable bonds is 3. The van der Waals surface area contributed by atoms with Crippen LogP contribution in [0.2, 0.25) is 0 Å². The Morgan fingerprint density at radius 1 is 1.43 bits per heavy atom. The molecular formula is C16H17N3O4. The molecule has 0 bridgehead atoms. The number of benzene rings is 1. The van der Waals surface area contributed by atoms with E-state index in [1.54, 1.807) is 25.2 Å². The summed E-state index contributed by atoms with van der Waals surface area (Å²) in [5.74, 6) is -0.954. The van der Waals surface area contributed by atoms with Crippen LogP contribution in [0.25, 0.3) is 11.1 Å². The molecule has 2 aromatic rings. The highest BCUT2D eigenvalue weighted by atomic mass is 16.4. The zero-order chi connectivity index (χ0) is 16.6. The highest BCUT2D eigenvalue weighted by molar-refractivity contribution is 6.00. The van der Waals surface area contributed by atoms with Gasteiger partial charge in [0.05, 0.1) is 5.52 Å². The summed E-state index contributed by atoms with van der Waals surface area (Å²) in [6.45, 7) is 4.01. The van der Waals surface area contributed by atoms with Crippen LogP contribution >= 0.6 is 0 Å². The summed E-state index contributed by atoms with van der Waals surface area (Å²) < 4.78 is 6.49. The van der Waals surface area contributed by atoms with Gasteiger partial charge in [-0.15, -0.1) is 0 Å². The van der Waals surface area contributed by atoms with Crippen LogP contribution in [0.5, 0.6) is 0 Å². The smallest absolute Gasteiger partial charge is 0.408 e. The van der Waals surface area contributed by atoms with E-state index in [0.717, 1.165) is 6.42 Å². The van der Waals surface area contributed by atoms with Gasteiger partial charge in [-0.05, 0) is 31.1 Å². The third kappa shape index (κ3) is 2.65. The van der Waals surface area contributed by atoms with Gasteiger partial charge in [-0.1, -0.05) is 6.58 Å². The van der Waals surface area contributed by atoms with E-state index in [-0.39, 0.29) is 11.8 Å². The molecule has 1 aliphatic rings. The first-order chi connectivity index (χ1) is 11.0. The SMILES string of the molecule is C=CC(=O)N1CCCC1C(=O)Nc1ccc2c(c1)oc(=O)n2C. The van der Waals surface area contributed by atoms with E-state index < -0.39 is 11.8 Å². The number of oxazole rings is 1. The Morgan fingerprint density at radius 2 is 2.22 bits per heavy atom. The molecule has 2 amide bonds.